The maximum absolute atomic E-state index is 12.0. The summed E-state index contributed by atoms with van der Waals surface area (Å²) in [6, 6.07) is 8.87. The van der Waals surface area contributed by atoms with Crippen LogP contribution in [-0.4, -0.2) is 21.3 Å². The maximum atomic E-state index is 12.0. The molecule has 0 atom stereocenters. The molecule has 0 aliphatic rings. The van der Waals surface area contributed by atoms with Gasteiger partial charge in [0.2, 0.25) is 0 Å². The predicted molar refractivity (Wildman–Crippen MR) is 80.4 cm³/mol. The lowest BCUT2D eigenvalue weighted by Gasteiger charge is -1.99. The lowest BCUT2D eigenvalue weighted by Crippen LogP contribution is -2.09. The zero-order valence-electron chi connectivity index (χ0n) is 10.7. The van der Waals surface area contributed by atoms with Gasteiger partial charge in [0, 0.05) is 21.9 Å². The van der Waals surface area contributed by atoms with E-state index in [1.807, 2.05) is 19.1 Å². The fourth-order valence-electron chi connectivity index (χ4n) is 1.67. The number of halogens is 1. The molecule has 0 saturated heterocycles. The minimum atomic E-state index is -0.243. The Morgan fingerprint density at radius 2 is 1.84 bits per heavy atom. The van der Waals surface area contributed by atoms with Crippen molar-refractivity contribution in [3.63, 3.8) is 0 Å². The van der Waals surface area contributed by atoms with E-state index in [9.17, 15) is 9.59 Å². The molecule has 0 bridgehead atoms. The highest BCUT2D eigenvalue weighted by atomic mass is 127. The lowest BCUT2D eigenvalue weighted by molar-refractivity contribution is 0.0891. The standard InChI is InChI=1S/C14H13IN2O2/c1-9-7-12(16-17(9)2)14(19)8-13(18)10-3-5-11(15)6-4-10/h3-7H,8H2,1-2H3. The van der Waals surface area contributed by atoms with Gasteiger partial charge in [0.1, 0.15) is 5.69 Å². The van der Waals surface area contributed by atoms with Crippen molar-refractivity contribution in [1.29, 1.82) is 0 Å². The molecule has 0 fully saturated rings. The Labute approximate surface area is 125 Å². The quantitative estimate of drug-likeness (QED) is 0.474. The van der Waals surface area contributed by atoms with Crippen LogP contribution in [0.3, 0.4) is 0 Å². The first-order valence-corrected chi connectivity index (χ1v) is 6.88. The summed E-state index contributed by atoms with van der Waals surface area (Å²) in [7, 11) is 1.77. The highest BCUT2D eigenvalue weighted by Crippen LogP contribution is 2.11. The molecule has 2 aromatic rings. The predicted octanol–water partition coefficient (Wildman–Crippen LogP) is 2.79. The van der Waals surface area contributed by atoms with E-state index in [2.05, 4.69) is 27.7 Å². The number of carbonyl (C=O) groups is 2. The van der Waals surface area contributed by atoms with Gasteiger partial charge in [-0.25, -0.2) is 0 Å². The third kappa shape index (κ3) is 3.28. The molecule has 0 saturated carbocycles. The normalized spacial score (nSPS) is 10.5. The average Bonchev–Trinajstić information content (AvgIpc) is 2.70. The Morgan fingerprint density at radius 1 is 1.21 bits per heavy atom. The summed E-state index contributed by atoms with van der Waals surface area (Å²) in [6.45, 7) is 1.87. The van der Waals surface area contributed by atoms with E-state index >= 15 is 0 Å². The highest BCUT2D eigenvalue weighted by molar-refractivity contribution is 14.1. The van der Waals surface area contributed by atoms with Crippen LogP contribution in [0, 0.1) is 10.5 Å². The fourth-order valence-corrected chi connectivity index (χ4v) is 2.03. The number of aryl methyl sites for hydroxylation is 2. The molecule has 19 heavy (non-hydrogen) atoms. The van der Waals surface area contributed by atoms with E-state index in [0.717, 1.165) is 9.26 Å². The van der Waals surface area contributed by atoms with Gasteiger partial charge >= 0.3 is 0 Å². The molecular formula is C14H13IN2O2. The zero-order valence-corrected chi connectivity index (χ0v) is 12.8. The molecule has 0 aliphatic heterocycles. The second-order valence-electron chi connectivity index (χ2n) is 4.32. The minimum absolute atomic E-state index is 0.142. The highest BCUT2D eigenvalue weighted by Gasteiger charge is 2.16. The summed E-state index contributed by atoms with van der Waals surface area (Å²) in [5.74, 6) is -0.419. The van der Waals surface area contributed by atoms with Gasteiger partial charge in [-0.05, 0) is 47.7 Å². The number of hydrogen-bond donors (Lipinski definition) is 0. The molecule has 0 amide bonds. The van der Waals surface area contributed by atoms with Crippen LogP contribution in [0.1, 0.15) is 33.0 Å². The van der Waals surface area contributed by atoms with Gasteiger partial charge in [-0.2, -0.15) is 5.10 Å². The Hall–Kier alpha value is -1.50. The van der Waals surface area contributed by atoms with E-state index < -0.39 is 0 Å². The maximum Gasteiger partial charge on any atom is 0.190 e. The van der Waals surface area contributed by atoms with E-state index in [1.165, 1.54) is 0 Å². The van der Waals surface area contributed by atoms with Crippen molar-refractivity contribution in [1.82, 2.24) is 9.78 Å². The SMILES string of the molecule is Cc1cc(C(=O)CC(=O)c2ccc(I)cc2)nn1C. The number of nitrogens with zero attached hydrogens (tertiary/aromatic N) is 2. The van der Waals surface area contributed by atoms with E-state index in [-0.39, 0.29) is 18.0 Å². The van der Waals surface area contributed by atoms with Crippen molar-refractivity contribution < 1.29 is 9.59 Å². The molecule has 4 nitrogen and oxygen atoms in total. The van der Waals surface area contributed by atoms with Crippen molar-refractivity contribution in [3.8, 4) is 0 Å². The zero-order chi connectivity index (χ0) is 14.0. The molecule has 2 rings (SSSR count). The third-order valence-corrected chi connectivity index (χ3v) is 3.61. The van der Waals surface area contributed by atoms with Crippen LogP contribution in [0.5, 0.6) is 0 Å². The van der Waals surface area contributed by atoms with E-state index in [0.29, 0.717) is 11.3 Å². The molecule has 98 valence electrons. The van der Waals surface area contributed by atoms with Gasteiger partial charge in [0.15, 0.2) is 11.6 Å². The van der Waals surface area contributed by atoms with Crippen LogP contribution in [-0.2, 0) is 7.05 Å². The molecule has 5 heteroatoms. The number of hydrogen-bond acceptors (Lipinski definition) is 3. The molecule has 0 aliphatic carbocycles. The number of aromatic nitrogens is 2. The van der Waals surface area contributed by atoms with Crippen molar-refractivity contribution in [2.24, 2.45) is 7.05 Å². The molecule has 1 aromatic carbocycles. The molecule has 0 unspecified atom stereocenters. The fraction of sp³-hybridized carbons (Fsp3) is 0.214. The lowest BCUT2D eigenvalue weighted by atomic mass is 10.0. The molecule has 0 N–H and O–H groups in total. The molecule has 1 heterocycles. The van der Waals surface area contributed by atoms with Crippen molar-refractivity contribution in [3.05, 3.63) is 50.9 Å². The number of benzene rings is 1. The summed E-state index contributed by atoms with van der Waals surface area (Å²) in [6.07, 6.45) is -0.142. The van der Waals surface area contributed by atoms with Gasteiger partial charge in [-0.1, -0.05) is 12.1 Å². The first-order chi connectivity index (χ1) is 8.97. The first-order valence-electron chi connectivity index (χ1n) is 5.80. The second kappa shape index (κ2) is 5.64. The molecule has 0 radical (unpaired) electrons. The summed E-state index contributed by atoms with van der Waals surface area (Å²) in [5, 5.41) is 4.08. The van der Waals surface area contributed by atoms with Crippen LogP contribution < -0.4 is 0 Å². The topological polar surface area (TPSA) is 52.0 Å². The smallest absolute Gasteiger partial charge is 0.190 e. The van der Waals surface area contributed by atoms with Gasteiger partial charge in [0.05, 0.1) is 6.42 Å². The summed E-state index contributed by atoms with van der Waals surface area (Å²) >= 11 is 2.17. The number of ketones is 2. The second-order valence-corrected chi connectivity index (χ2v) is 5.57. The van der Waals surface area contributed by atoms with Crippen molar-refractivity contribution in [2.75, 3.05) is 0 Å². The Morgan fingerprint density at radius 3 is 2.37 bits per heavy atom. The largest absolute Gasteiger partial charge is 0.294 e. The Kier molecular flexibility index (Phi) is 4.14. The summed E-state index contributed by atoms with van der Waals surface area (Å²) < 4.78 is 2.68. The van der Waals surface area contributed by atoms with Gasteiger partial charge < -0.3 is 0 Å². The van der Waals surface area contributed by atoms with Gasteiger partial charge in [0.25, 0.3) is 0 Å². The van der Waals surface area contributed by atoms with Crippen LogP contribution in [0.25, 0.3) is 0 Å². The van der Waals surface area contributed by atoms with Crippen LogP contribution in [0.4, 0.5) is 0 Å². The van der Waals surface area contributed by atoms with E-state index in [1.54, 1.807) is 29.9 Å². The Balaban J connectivity index is 2.10. The van der Waals surface area contributed by atoms with Crippen molar-refractivity contribution in [2.45, 2.75) is 13.3 Å². The third-order valence-electron chi connectivity index (χ3n) is 2.89. The molecule has 0 spiro atoms. The summed E-state index contributed by atoms with van der Waals surface area (Å²) in [5.41, 5.74) is 1.80. The monoisotopic (exact) mass is 368 g/mol. The van der Waals surface area contributed by atoms with Gasteiger partial charge in [-0.3, -0.25) is 14.3 Å². The van der Waals surface area contributed by atoms with Crippen LogP contribution in [0.15, 0.2) is 30.3 Å². The summed E-state index contributed by atoms with van der Waals surface area (Å²) in [4.78, 5) is 23.9. The van der Waals surface area contributed by atoms with E-state index in [4.69, 9.17) is 0 Å². The molecule has 1 aromatic heterocycles. The number of Topliss-reactive ketones (excluding diaryl/α,β-unsaturated/α-hetero) is 2. The number of carbonyl (C=O) groups excluding carboxylic acids is 2. The van der Waals surface area contributed by atoms with Crippen LogP contribution in [0.2, 0.25) is 0 Å². The average molecular weight is 368 g/mol. The van der Waals surface area contributed by atoms with Crippen LogP contribution >= 0.6 is 22.6 Å². The van der Waals surface area contributed by atoms with Gasteiger partial charge in [-0.15, -0.1) is 0 Å². The first kappa shape index (κ1) is 13.9. The Bertz CT molecular complexity index is 610. The number of rotatable bonds is 4. The minimum Gasteiger partial charge on any atom is -0.294 e. The molecular weight excluding hydrogens is 355 g/mol. The van der Waals surface area contributed by atoms with Crippen molar-refractivity contribution >= 4 is 34.2 Å².